The van der Waals surface area contributed by atoms with Crippen molar-refractivity contribution in [1.82, 2.24) is 0 Å². The number of allylic oxidation sites excluding steroid dienone is 4. The van der Waals surface area contributed by atoms with E-state index >= 15 is 0 Å². The second-order valence-electron chi connectivity index (χ2n) is 6.05. The van der Waals surface area contributed by atoms with Crippen molar-refractivity contribution in [3.63, 3.8) is 0 Å². The predicted octanol–water partition coefficient (Wildman–Crippen LogP) is 0.0640. The number of amidine groups is 1. The number of aliphatic imine (C=N–C) groups is 1. The molecule has 0 heterocycles. The van der Waals surface area contributed by atoms with Crippen LogP contribution in [0, 0.1) is 5.92 Å². The van der Waals surface area contributed by atoms with Crippen LogP contribution in [-0.2, 0) is 21.2 Å². The average Bonchev–Trinajstić information content (AvgIpc) is 2.61. The monoisotopic (exact) mass is 466 g/mol. The maximum Gasteiger partial charge on any atom is 1.00 e. The number of methoxy groups -OCH3 is 1. The summed E-state index contributed by atoms with van der Waals surface area (Å²) in [4.78, 5) is 4.28. The van der Waals surface area contributed by atoms with Gasteiger partial charge in [-0.1, -0.05) is 29.8 Å². The molecule has 11 heteroatoms. The predicted molar refractivity (Wildman–Crippen MR) is 113 cm³/mol. The number of hydrogen-bond donors (Lipinski definition) is 2. The van der Waals surface area contributed by atoms with E-state index in [2.05, 4.69) is 4.99 Å². The van der Waals surface area contributed by atoms with Crippen LogP contribution in [0.15, 0.2) is 68.9 Å². The molecule has 0 saturated heterocycles. The van der Waals surface area contributed by atoms with Gasteiger partial charge >= 0.3 is 29.6 Å². The fourth-order valence-corrected chi connectivity index (χ4v) is 3.86. The molecule has 0 bridgehead atoms. The Hall–Kier alpha value is -1.000. The Kier molecular flexibility index (Phi) is 10.2. The van der Waals surface area contributed by atoms with Gasteiger partial charge in [-0.3, -0.25) is 4.99 Å². The van der Waals surface area contributed by atoms with Crippen molar-refractivity contribution < 1.29 is 42.7 Å². The van der Waals surface area contributed by atoms with Gasteiger partial charge in [0.05, 0.1) is 17.0 Å². The van der Waals surface area contributed by atoms with E-state index in [1.54, 1.807) is 24.3 Å². The Labute approximate surface area is 203 Å². The largest absolute Gasteiger partial charge is 1.00 e. The van der Waals surface area contributed by atoms with Gasteiger partial charge in [0.25, 0.3) is 0 Å². The number of benzene rings is 1. The quantitative estimate of drug-likeness (QED) is 0.254. The van der Waals surface area contributed by atoms with Crippen LogP contribution in [0.3, 0.4) is 0 Å². The van der Waals surface area contributed by atoms with E-state index < -0.39 is 21.3 Å². The number of ether oxygens (including phenoxy) is 1. The van der Waals surface area contributed by atoms with Crippen LogP contribution in [0.1, 0.15) is 5.56 Å². The van der Waals surface area contributed by atoms with E-state index in [1.807, 2.05) is 0 Å². The molecule has 2 atom stereocenters. The number of sulfonamides is 1. The molecule has 2 rings (SSSR count). The van der Waals surface area contributed by atoms with Crippen LogP contribution in [0.2, 0.25) is 0 Å². The molecule has 1 aliphatic carbocycles. The first-order chi connectivity index (χ1) is 13.1. The van der Waals surface area contributed by atoms with Crippen molar-refractivity contribution in [3.05, 3.63) is 70.3 Å². The minimum Gasteiger partial charge on any atom is -0.702 e. The first-order valence-electron chi connectivity index (χ1n) is 8.24. The van der Waals surface area contributed by atoms with Gasteiger partial charge in [0.2, 0.25) is 10.0 Å². The number of hydrogen-bond acceptors (Lipinski definition) is 4. The summed E-state index contributed by atoms with van der Waals surface area (Å²) in [7, 11) is -2.23. The van der Waals surface area contributed by atoms with Gasteiger partial charge in [-0.15, -0.1) is 11.6 Å². The van der Waals surface area contributed by atoms with Crippen molar-refractivity contribution >= 4 is 39.1 Å². The molecule has 5 N–H and O–H groups in total. The molecule has 2 unspecified atom stereocenters. The second-order valence-corrected chi connectivity index (χ2v) is 8.49. The van der Waals surface area contributed by atoms with Crippen molar-refractivity contribution in [1.29, 1.82) is 0 Å². The Bertz CT molecular complexity index is 944. The van der Waals surface area contributed by atoms with Crippen LogP contribution >= 0.6 is 23.2 Å². The third-order valence-electron chi connectivity index (χ3n) is 4.08. The van der Waals surface area contributed by atoms with Crippen LogP contribution in [0.4, 0.5) is 0 Å². The standard InChI is InChI=1S/C18H21Cl2N4O3S.Na/c1-27-18-14(19)7-6-13(17(18)20)15(21)10-16(22)24-9-8-11-2-4-12(5-3-11)28(23,25)26;/h2-7,10,13,17,21H,8-9H2,1H3,(H2,22,24)(H2,23,25,26);/q-1;+1/b15-10-;. The average molecular weight is 467 g/mol. The van der Waals surface area contributed by atoms with E-state index in [4.69, 9.17) is 44.5 Å². The summed E-state index contributed by atoms with van der Waals surface area (Å²) in [6, 6.07) is 6.23. The van der Waals surface area contributed by atoms with E-state index in [-0.39, 0.29) is 46.0 Å². The summed E-state index contributed by atoms with van der Waals surface area (Å²) in [6.45, 7) is 0.379. The van der Waals surface area contributed by atoms with E-state index in [1.165, 1.54) is 25.3 Å². The van der Waals surface area contributed by atoms with Gasteiger partial charge in [-0.25, -0.2) is 13.6 Å². The molecule has 152 valence electrons. The molecule has 0 aliphatic heterocycles. The van der Waals surface area contributed by atoms with E-state index in [0.717, 1.165) is 5.56 Å². The minimum atomic E-state index is -3.70. The fourth-order valence-electron chi connectivity index (χ4n) is 2.60. The number of rotatable bonds is 7. The zero-order chi connectivity index (χ0) is 20.9. The van der Waals surface area contributed by atoms with Crippen LogP contribution in [0.25, 0.3) is 5.73 Å². The van der Waals surface area contributed by atoms with Gasteiger partial charge in [0.1, 0.15) is 17.0 Å². The van der Waals surface area contributed by atoms with Crippen molar-refractivity contribution in [2.24, 2.45) is 21.8 Å². The molecule has 0 fully saturated rings. The van der Waals surface area contributed by atoms with Crippen molar-refractivity contribution in [3.8, 4) is 0 Å². The van der Waals surface area contributed by atoms with Crippen LogP contribution in [-0.4, -0.2) is 33.3 Å². The zero-order valence-corrected chi connectivity index (χ0v) is 20.4. The van der Waals surface area contributed by atoms with Gasteiger partial charge < -0.3 is 16.2 Å². The number of halogens is 2. The SMILES string of the molecule is COC1=C(Cl)C=CC(/C([NH-])=C/C(N)=NCCc2ccc(S(N)(=O)=O)cc2)C1Cl.[Na+]. The third kappa shape index (κ3) is 7.32. The number of nitrogens with zero attached hydrogens (tertiary/aromatic N) is 1. The third-order valence-corrected chi connectivity index (χ3v) is 5.79. The summed E-state index contributed by atoms with van der Waals surface area (Å²) in [5.74, 6) is 0.175. The summed E-state index contributed by atoms with van der Waals surface area (Å²) < 4.78 is 27.7. The molecular formula is C18H21Cl2N4NaO3S. The molecule has 0 aromatic heterocycles. The Morgan fingerprint density at radius 2 is 1.97 bits per heavy atom. The number of nitrogens with two attached hydrogens (primary N) is 2. The Morgan fingerprint density at radius 1 is 1.34 bits per heavy atom. The number of alkyl halides is 1. The summed E-state index contributed by atoms with van der Waals surface area (Å²) in [5.41, 5.74) is 15.2. The molecule has 7 nitrogen and oxygen atoms in total. The Morgan fingerprint density at radius 3 is 2.52 bits per heavy atom. The first kappa shape index (κ1) is 26.0. The summed E-state index contributed by atoms with van der Waals surface area (Å²) in [6.07, 6.45) is 5.37. The minimum absolute atomic E-state index is 0. The van der Waals surface area contributed by atoms with Gasteiger partial charge in [-0.05, 0) is 36.3 Å². The maximum absolute atomic E-state index is 11.2. The number of primary sulfonamides is 1. The van der Waals surface area contributed by atoms with Gasteiger partial charge in [0.15, 0.2) is 0 Å². The molecule has 0 saturated carbocycles. The van der Waals surface area contributed by atoms with E-state index in [9.17, 15) is 8.42 Å². The smallest absolute Gasteiger partial charge is 0.702 e. The van der Waals surface area contributed by atoms with Crippen LogP contribution in [0.5, 0.6) is 0 Å². The molecule has 0 amide bonds. The molecule has 1 aromatic rings. The van der Waals surface area contributed by atoms with Crippen molar-refractivity contribution in [2.45, 2.75) is 16.7 Å². The van der Waals surface area contributed by atoms with Gasteiger partial charge in [0, 0.05) is 12.5 Å². The molecule has 1 aromatic carbocycles. The first-order valence-corrected chi connectivity index (χ1v) is 10.6. The zero-order valence-electron chi connectivity index (χ0n) is 16.1. The molecule has 29 heavy (non-hydrogen) atoms. The van der Waals surface area contributed by atoms with Crippen LogP contribution < -0.4 is 40.4 Å². The molecule has 1 aliphatic rings. The molecule has 0 spiro atoms. The molecular weight excluding hydrogens is 446 g/mol. The second kappa shape index (κ2) is 11.4. The fraction of sp³-hybridized carbons (Fsp3) is 0.278. The topological polar surface area (TPSA) is 132 Å². The van der Waals surface area contributed by atoms with Gasteiger partial charge in [-0.2, -0.15) is 5.70 Å². The normalized spacial score (nSPS) is 20.4. The number of nitrogens with one attached hydrogen (secondary N) is 1. The maximum atomic E-state index is 11.2. The summed E-state index contributed by atoms with van der Waals surface area (Å²) >= 11 is 12.4. The van der Waals surface area contributed by atoms with E-state index in [0.29, 0.717) is 23.8 Å². The molecule has 0 radical (unpaired) electrons. The summed E-state index contributed by atoms with van der Waals surface area (Å²) in [5, 5.41) is 4.87. The van der Waals surface area contributed by atoms with Crippen molar-refractivity contribution in [2.75, 3.05) is 13.7 Å². The Balaban J connectivity index is 0.00000420.